The molecule has 2 heterocycles. The summed E-state index contributed by atoms with van der Waals surface area (Å²) in [5, 5.41) is 8.71. The zero-order chi connectivity index (χ0) is 15.4. The highest BCUT2D eigenvalue weighted by Crippen LogP contribution is 2.25. The minimum Gasteiger partial charge on any atom is -0.374 e. The molecule has 0 saturated carbocycles. The molecular formula is C15H27ClN4O. The molecule has 0 aliphatic carbocycles. The number of hydrogen-bond acceptors (Lipinski definition) is 4. The lowest BCUT2D eigenvalue weighted by Gasteiger charge is -2.32. The van der Waals surface area contributed by atoms with Gasteiger partial charge in [0.1, 0.15) is 5.15 Å². The Morgan fingerprint density at radius 3 is 2.90 bits per heavy atom. The lowest BCUT2D eigenvalue weighted by Crippen LogP contribution is -2.46. The maximum absolute atomic E-state index is 6.35. The zero-order valence-electron chi connectivity index (χ0n) is 13.5. The molecule has 1 N–H and O–H groups in total. The van der Waals surface area contributed by atoms with E-state index in [4.69, 9.17) is 16.3 Å². The van der Waals surface area contributed by atoms with E-state index >= 15 is 0 Å². The van der Waals surface area contributed by atoms with Gasteiger partial charge in [0, 0.05) is 38.8 Å². The minimum atomic E-state index is 0.261. The summed E-state index contributed by atoms with van der Waals surface area (Å²) in [5.41, 5.74) is 2.19. The second-order valence-corrected chi connectivity index (χ2v) is 6.31. The third-order valence-electron chi connectivity index (χ3n) is 3.99. The lowest BCUT2D eigenvalue weighted by molar-refractivity contribution is -0.0253. The topological polar surface area (TPSA) is 42.3 Å². The van der Waals surface area contributed by atoms with E-state index in [9.17, 15) is 0 Å². The number of morpholine rings is 1. The molecule has 0 amide bonds. The number of rotatable bonds is 6. The van der Waals surface area contributed by atoms with E-state index < -0.39 is 0 Å². The van der Waals surface area contributed by atoms with Crippen molar-refractivity contribution < 1.29 is 4.74 Å². The number of aromatic nitrogens is 2. The first-order chi connectivity index (χ1) is 10.0. The van der Waals surface area contributed by atoms with Crippen LogP contribution in [-0.2, 0) is 18.3 Å². The number of likely N-dealkylation sites (N-methyl/N-ethyl adjacent to an activating group) is 1. The van der Waals surface area contributed by atoms with Gasteiger partial charge < -0.3 is 10.1 Å². The van der Waals surface area contributed by atoms with E-state index in [1.54, 1.807) is 4.68 Å². The summed E-state index contributed by atoms with van der Waals surface area (Å²) in [6.45, 7) is 12.0. The predicted octanol–water partition coefficient (Wildman–Crippen LogP) is 2.01. The minimum absolute atomic E-state index is 0.261. The zero-order valence-corrected chi connectivity index (χ0v) is 14.3. The van der Waals surface area contributed by atoms with Crippen molar-refractivity contribution in [2.75, 3.05) is 32.8 Å². The fourth-order valence-corrected chi connectivity index (χ4v) is 2.94. The summed E-state index contributed by atoms with van der Waals surface area (Å²) in [7, 11) is 1.89. The second kappa shape index (κ2) is 7.58. The van der Waals surface area contributed by atoms with Gasteiger partial charge in [-0.2, -0.15) is 5.10 Å². The molecule has 2 rings (SSSR count). The molecule has 1 aliphatic heterocycles. The maximum atomic E-state index is 6.35. The number of aryl methyl sites for hydroxylation is 1. The average Bonchev–Trinajstić information content (AvgIpc) is 2.76. The molecule has 1 aliphatic rings. The van der Waals surface area contributed by atoms with Crippen molar-refractivity contribution in [1.29, 1.82) is 0 Å². The van der Waals surface area contributed by atoms with Crippen LogP contribution in [0.3, 0.4) is 0 Å². The normalized spacial score (nSPS) is 20.4. The Hall–Kier alpha value is -0.620. The molecule has 1 aromatic rings. The summed E-state index contributed by atoms with van der Waals surface area (Å²) in [6, 6.07) is 0. The highest BCUT2D eigenvalue weighted by Gasteiger charge is 2.20. The molecule has 1 aromatic heterocycles. The van der Waals surface area contributed by atoms with Crippen molar-refractivity contribution in [2.24, 2.45) is 7.05 Å². The Labute approximate surface area is 132 Å². The van der Waals surface area contributed by atoms with Crippen LogP contribution < -0.4 is 5.32 Å². The molecule has 1 atom stereocenters. The van der Waals surface area contributed by atoms with Crippen LogP contribution in [-0.4, -0.2) is 53.6 Å². The van der Waals surface area contributed by atoms with Crippen LogP contribution in [0, 0.1) is 0 Å². The number of nitrogens with one attached hydrogen (secondary N) is 1. The Morgan fingerprint density at radius 1 is 1.48 bits per heavy atom. The quantitative estimate of drug-likeness (QED) is 0.872. The largest absolute Gasteiger partial charge is 0.374 e. The fraction of sp³-hybridized carbons (Fsp3) is 0.800. The molecule has 0 unspecified atom stereocenters. The Bertz CT molecular complexity index is 461. The van der Waals surface area contributed by atoms with Crippen LogP contribution in [0.25, 0.3) is 0 Å². The van der Waals surface area contributed by atoms with Crippen molar-refractivity contribution >= 4 is 11.6 Å². The van der Waals surface area contributed by atoms with Gasteiger partial charge in [0.15, 0.2) is 0 Å². The number of hydrogen-bond donors (Lipinski definition) is 1. The van der Waals surface area contributed by atoms with Crippen LogP contribution in [0.4, 0.5) is 0 Å². The molecule has 120 valence electrons. The molecule has 0 radical (unpaired) electrons. The molecule has 21 heavy (non-hydrogen) atoms. The van der Waals surface area contributed by atoms with E-state index in [1.165, 1.54) is 0 Å². The SMILES string of the molecule is CCN1CCO[C@H](CNCc2c(C(C)C)nn(C)c2Cl)C1. The smallest absolute Gasteiger partial charge is 0.131 e. The number of nitrogens with zero attached hydrogens (tertiary/aromatic N) is 3. The summed E-state index contributed by atoms with van der Waals surface area (Å²) >= 11 is 6.35. The van der Waals surface area contributed by atoms with Crippen molar-refractivity contribution in [1.82, 2.24) is 20.0 Å². The van der Waals surface area contributed by atoms with Crippen molar-refractivity contribution in [3.8, 4) is 0 Å². The van der Waals surface area contributed by atoms with Gasteiger partial charge in [0.05, 0.1) is 18.4 Å². The molecule has 0 bridgehead atoms. The van der Waals surface area contributed by atoms with Crippen LogP contribution >= 0.6 is 11.6 Å². The molecule has 1 fully saturated rings. The lowest BCUT2D eigenvalue weighted by atomic mass is 10.1. The fourth-order valence-electron chi connectivity index (χ4n) is 2.74. The van der Waals surface area contributed by atoms with Crippen LogP contribution in [0.5, 0.6) is 0 Å². The summed E-state index contributed by atoms with van der Waals surface area (Å²) in [6.07, 6.45) is 0.261. The average molecular weight is 315 g/mol. The van der Waals surface area contributed by atoms with E-state index in [-0.39, 0.29) is 6.10 Å². The highest BCUT2D eigenvalue weighted by molar-refractivity contribution is 6.30. The predicted molar refractivity (Wildman–Crippen MR) is 85.9 cm³/mol. The first kappa shape index (κ1) is 16.7. The van der Waals surface area contributed by atoms with Crippen LogP contribution in [0.15, 0.2) is 0 Å². The Morgan fingerprint density at radius 2 is 2.24 bits per heavy atom. The number of halogens is 1. The van der Waals surface area contributed by atoms with Gasteiger partial charge in [-0.3, -0.25) is 9.58 Å². The molecule has 0 spiro atoms. The number of ether oxygens (including phenoxy) is 1. The molecule has 6 heteroatoms. The third kappa shape index (κ3) is 4.19. The van der Waals surface area contributed by atoms with Crippen LogP contribution in [0.2, 0.25) is 5.15 Å². The van der Waals surface area contributed by atoms with Crippen LogP contribution in [0.1, 0.15) is 37.9 Å². The van der Waals surface area contributed by atoms with Gasteiger partial charge in [0.2, 0.25) is 0 Å². The first-order valence-corrected chi connectivity index (χ1v) is 8.16. The Kier molecular flexibility index (Phi) is 6.05. The van der Waals surface area contributed by atoms with Gasteiger partial charge in [-0.15, -0.1) is 0 Å². The second-order valence-electron chi connectivity index (χ2n) is 5.95. The van der Waals surface area contributed by atoms with Crippen molar-refractivity contribution in [2.45, 2.75) is 39.3 Å². The summed E-state index contributed by atoms with van der Waals surface area (Å²) in [5.74, 6) is 0.377. The Balaban J connectivity index is 1.89. The van der Waals surface area contributed by atoms with Gasteiger partial charge >= 0.3 is 0 Å². The van der Waals surface area contributed by atoms with Gasteiger partial charge in [-0.05, 0) is 12.5 Å². The summed E-state index contributed by atoms with van der Waals surface area (Å²) in [4.78, 5) is 2.42. The molecule has 5 nitrogen and oxygen atoms in total. The standard InChI is InChI=1S/C15H27ClN4O/c1-5-20-6-7-21-12(10-20)8-17-9-13-14(11(2)3)18-19(4)15(13)16/h11-12,17H,5-10H2,1-4H3/t12-/m1/s1. The van der Waals surface area contributed by atoms with Crippen molar-refractivity contribution in [3.05, 3.63) is 16.4 Å². The molecular weight excluding hydrogens is 288 g/mol. The summed E-state index contributed by atoms with van der Waals surface area (Å²) < 4.78 is 7.56. The van der Waals surface area contributed by atoms with E-state index in [0.717, 1.165) is 55.7 Å². The molecule has 1 saturated heterocycles. The monoisotopic (exact) mass is 314 g/mol. The van der Waals surface area contributed by atoms with Gasteiger partial charge in [-0.25, -0.2) is 0 Å². The van der Waals surface area contributed by atoms with E-state index in [2.05, 4.69) is 36.1 Å². The first-order valence-electron chi connectivity index (χ1n) is 7.78. The molecule has 0 aromatic carbocycles. The van der Waals surface area contributed by atoms with E-state index in [0.29, 0.717) is 5.92 Å². The highest BCUT2D eigenvalue weighted by atomic mass is 35.5. The van der Waals surface area contributed by atoms with E-state index in [1.807, 2.05) is 7.05 Å². The van der Waals surface area contributed by atoms with Gasteiger partial charge in [-0.1, -0.05) is 32.4 Å². The third-order valence-corrected chi connectivity index (χ3v) is 4.46. The van der Waals surface area contributed by atoms with Gasteiger partial charge in [0.25, 0.3) is 0 Å². The maximum Gasteiger partial charge on any atom is 0.131 e. The van der Waals surface area contributed by atoms with Crippen molar-refractivity contribution in [3.63, 3.8) is 0 Å².